The van der Waals surface area contributed by atoms with E-state index >= 15 is 0 Å². The van der Waals surface area contributed by atoms with Crippen molar-refractivity contribution in [2.24, 2.45) is 24.3 Å². The first-order valence-electron chi connectivity index (χ1n) is 6.42. The number of benzene rings is 1. The van der Waals surface area contributed by atoms with E-state index in [9.17, 15) is 0 Å². The van der Waals surface area contributed by atoms with Crippen molar-refractivity contribution in [2.75, 3.05) is 11.4 Å². The lowest BCUT2D eigenvalue weighted by molar-refractivity contribution is -0.657. The van der Waals surface area contributed by atoms with Crippen molar-refractivity contribution < 1.29 is 4.57 Å². The highest BCUT2D eigenvalue weighted by Gasteiger charge is 2.10. The Labute approximate surface area is 119 Å². The van der Waals surface area contributed by atoms with Crippen molar-refractivity contribution >= 4 is 17.3 Å². The normalized spacial score (nSPS) is 10.7. The van der Waals surface area contributed by atoms with E-state index in [-0.39, 0.29) is 0 Å². The zero-order chi connectivity index (χ0) is 14.5. The van der Waals surface area contributed by atoms with Crippen LogP contribution < -0.4 is 9.47 Å². The number of hydrogen-bond donors (Lipinski definition) is 0. The van der Waals surface area contributed by atoms with Crippen LogP contribution >= 0.6 is 0 Å². The van der Waals surface area contributed by atoms with Crippen molar-refractivity contribution in [3.8, 4) is 12.5 Å². The standard InChI is InChI=1S/C15H18N5/c1-5-20(6-2)14-9-7-13(8-10-14)16-17-15-18(3)11-12-19(15)4/h1,7-12H,6H2,2-4H3/q+1. The maximum Gasteiger partial charge on any atom is 0.421 e. The summed E-state index contributed by atoms with van der Waals surface area (Å²) < 4.78 is 3.82. The van der Waals surface area contributed by atoms with E-state index in [1.54, 1.807) is 0 Å². The molecule has 0 spiro atoms. The van der Waals surface area contributed by atoms with E-state index in [4.69, 9.17) is 6.42 Å². The van der Waals surface area contributed by atoms with Crippen LogP contribution in [0.4, 0.5) is 17.3 Å². The second-order valence-corrected chi connectivity index (χ2v) is 4.41. The summed E-state index contributed by atoms with van der Waals surface area (Å²) in [5.74, 6) is 0.785. The minimum atomic E-state index is 0.774. The Kier molecular flexibility index (Phi) is 4.16. The third-order valence-electron chi connectivity index (χ3n) is 3.03. The van der Waals surface area contributed by atoms with Gasteiger partial charge in [-0.1, -0.05) is 11.5 Å². The molecule has 1 aromatic heterocycles. The number of aryl methyl sites for hydroxylation is 2. The van der Waals surface area contributed by atoms with Crippen molar-refractivity contribution in [3.05, 3.63) is 36.7 Å². The molecule has 0 saturated carbocycles. The Morgan fingerprint density at radius 3 is 2.50 bits per heavy atom. The van der Waals surface area contributed by atoms with Crippen LogP contribution in [0.3, 0.4) is 0 Å². The molecular weight excluding hydrogens is 250 g/mol. The van der Waals surface area contributed by atoms with Gasteiger partial charge in [-0.3, -0.25) is 0 Å². The fraction of sp³-hybridized carbons (Fsp3) is 0.267. The smallest absolute Gasteiger partial charge is 0.302 e. The molecule has 1 heterocycles. The van der Waals surface area contributed by atoms with E-state index in [1.165, 1.54) is 0 Å². The molecule has 0 aliphatic rings. The summed E-state index contributed by atoms with van der Waals surface area (Å²) in [6, 6.07) is 10.3. The molecule has 0 atom stereocenters. The van der Waals surface area contributed by atoms with Crippen LogP contribution in [0.15, 0.2) is 46.9 Å². The number of imidazole rings is 1. The van der Waals surface area contributed by atoms with Gasteiger partial charge in [0.05, 0.1) is 26.5 Å². The topological polar surface area (TPSA) is 36.8 Å². The van der Waals surface area contributed by atoms with Gasteiger partial charge in [-0.15, -0.1) is 0 Å². The van der Waals surface area contributed by atoms with Crippen LogP contribution in [0.5, 0.6) is 0 Å². The lowest BCUT2D eigenvalue weighted by Gasteiger charge is -2.14. The summed E-state index contributed by atoms with van der Waals surface area (Å²) in [5.41, 5.74) is 1.78. The Balaban J connectivity index is 2.18. The number of aromatic nitrogens is 2. The Hall–Kier alpha value is -2.61. The molecule has 2 aromatic rings. The zero-order valence-corrected chi connectivity index (χ0v) is 12.0. The van der Waals surface area contributed by atoms with Crippen LogP contribution in [0.25, 0.3) is 0 Å². The molecule has 5 nitrogen and oxygen atoms in total. The van der Waals surface area contributed by atoms with Gasteiger partial charge in [0.2, 0.25) is 0 Å². The van der Waals surface area contributed by atoms with E-state index in [1.807, 2.05) is 71.7 Å². The second-order valence-electron chi connectivity index (χ2n) is 4.41. The van der Waals surface area contributed by atoms with Crippen molar-refractivity contribution in [1.29, 1.82) is 0 Å². The number of azo groups is 1. The third kappa shape index (κ3) is 2.86. The summed E-state index contributed by atoms with van der Waals surface area (Å²) in [7, 11) is 3.87. The average molecular weight is 268 g/mol. The molecule has 0 fully saturated rings. The van der Waals surface area contributed by atoms with Gasteiger partial charge in [-0.05, 0) is 31.2 Å². The van der Waals surface area contributed by atoms with E-state index in [0.717, 1.165) is 23.9 Å². The molecule has 0 radical (unpaired) electrons. The zero-order valence-electron chi connectivity index (χ0n) is 12.0. The quantitative estimate of drug-likeness (QED) is 0.363. The molecule has 0 aliphatic heterocycles. The molecule has 0 N–H and O–H groups in total. The van der Waals surface area contributed by atoms with Crippen LogP contribution in [0, 0.1) is 12.5 Å². The maximum absolute atomic E-state index is 5.44. The van der Waals surface area contributed by atoms with E-state index in [0.29, 0.717) is 0 Å². The predicted octanol–water partition coefficient (Wildman–Crippen LogP) is 2.68. The molecule has 0 amide bonds. The fourth-order valence-electron chi connectivity index (χ4n) is 1.87. The fourth-order valence-corrected chi connectivity index (χ4v) is 1.87. The number of hydrogen-bond acceptors (Lipinski definition) is 3. The van der Waals surface area contributed by atoms with E-state index < -0.39 is 0 Å². The Morgan fingerprint density at radius 2 is 2.00 bits per heavy atom. The number of nitrogens with zero attached hydrogens (tertiary/aromatic N) is 5. The van der Waals surface area contributed by atoms with Crippen LogP contribution in [-0.4, -0.2) is 11.1 Å². The van der Waals surface area contributed by atoms with Crippen molar-refractivity contribution in [1.82, 2.24) is 4.57 Å². The van der Waals surface area contributed by atoms with Gasteiger partial charge in [-0.2, -0.15) is 0 Å². The van der Waals surface area contributed by atoms with Crippen molar-refractivity contribution in [2.45, 2.75) is 6.92 Å². The number of terminal acetylenes is 1. The average Bonchev–Trinajstić information content (AvgIpc) is 2.78. The molecule has 0 saturated heterocycles. The van der Waals surface area contributed by atoms with Crippen LogP contribution in [-0.2, 0) is 14.1 Å². The predicted molar refractivity (Wildman–Crippen MR) is 79.1 cm³/mol. The summed E-state index contributed by atoms with van der Waals surface area (Å²) in [6.07, 6.45) is 9.31. The van der Waals surface area contributed by atoms with Crippen LogP contribution in [0.2, 0.25) is 0 Å². The summed E-state index contributed by atoms with van der Waals surface area (Å²) in [5, 5.41) is 8.48. The molecule has 0 unspecified atom stereocenters. The molecule has 0 bridgehead atoms. The van der Waals surface area contributed by atoms with Gasteiger partial charge >= 0.3 is 5.95 Å². The lowest BCUT2D eigenvalue weighted by Crippen LogP contribution is -2.25. The van der Waals surface area contributed by atoms with Crippen molar-refractivity contribution in [3.63, 3.8) is 0 Å². The van der Waals surface area contributed by atoms with Gasteiger partial charge in [0, 0.05) is 23.4 Å². The van der Waals surface area contributed by atoms with E-state index in [2.05, 4.69) is 16.3 Å². The molecule has 5 heteroatoms. The summed E-state index contributed by atoms with van der Waals surface area (Å²) in [4.78, 5) is 1.83. The lowest BCUT2D eigenvalue weighted by atomic mass is 10.2. The monoisotopic (exact) mass is 268 g/mol. The minimum absolute atomic E-state index is 0.774. The first kappa shape index (κ1) is 13.8. The third-order valence-corrected chi connectivity index (χ3v) is 3.03. The number of rotatable bonds is 4. The molecular formula is C15H18N5+. The SMILES string of the molecule is C#CN(CC)c1ccc(/N=N/c2n(C)cc[n+]2C)cc1. The van der Waals surface area contributed by atoms with Gasteiger partial charge in [0.15, 0.2) is 0 Å². The molecule has 0 aliphatic carbocycles. The van der Waals surface area contributed by atoms with Gasteiger partial charge in [-0.25, -0.2) is 9.13 Å². The highest BCUT2D eigenvalue weighted by atomic mass is 15.3. The number of anilines is 1. The van der Waals surface area contributed by atoms with Gasteiger partial charge in [0.25, 0.3) is 0 Å². The highest BCUT2D eigenvalue weighted by Crippen LogP contribution is 2.20. The minimum Gasteiger partial charge on any atom is -0.302 e. The molecule has 102 valence electrons. The second kappa shape index (κ2) is 6.02. The molecule has 2 rings (SSSR count). The maximum atomic E-state index is 5.44. The highest BCUT2D eigenvalue weighted by molar-refractivity contribution is 5.55. The van der Waals surface area contributed by atoms with Crippen LogP contribution in [0.1, 0.15) is 6.92 Å². The molecule has 1 aromatic carbocycles. The Bertz CT molecular complexity index is 626. The summed E-state index contributed by atoms with van der Waals surface area (Å²) >= 11 is 0. The van der Waals surface area contributed by atoms with Gasteiger partial charge < -0.3 is 4.90 Å². The first-order valence-corrected chi connectivity index (χ1v) is 6.42. The van der Waals surface area contributed by atoms with Gasteiger partial charge in [0.1, 0.15) is 5.69 Å². The largest absolute Gasteiger partial charge is 0.421 e. The Morgan fingerprint density at radius 1 is 1.30 bits per heavy atom. The molecule has 20 heavy (non-hydrogen) atoms. The summed E-state index contributed by atoms with van der Waals surface area (Å²) in [6.45, 7) is 2.79. The first-order chi connectivity index (χ1) is 9.65.